The smallest absolute Gasteiger partial charge is 0.399 e. The lowest BCUT2D eigenvalue weighted by Crippen LogP contribution is -2.41. The van der Waals surface area contributed by atoms with Crippen molar-refractivity contribution in [3.05, 3.63) is 29.6 Å². The van der Waals surface area contributed by atoms with E-state index in [1.165, 1.54) is 6.07 Å². The fourth-order valence-corrected chi connectivity index (χ4v) is 2.92. The second kappa shape index (κ2) is 5.94. The van der Waals surface area contributed by atoms with Crippen LogP contribution >= 0.6 is 11.8 Å². The molecule has 0 N–H and O–H groups in total. The predicted octanol–water partition coefficient (Wildman–Crippen LogP) is 3.77. The summed E-state index contributed by atoms with van der Waals surface area (Å²) >= 11 is 1.83. The Morgan fingerprint density at radius 3 is 2.24 bits per heavy atom. The van der Waals surface area contributed by atoms with Crippen molar-refractivity contribution in [1.82, 2.24) is 0 Å². The van der Waals surface area contributed by atoms with Crippen LogP contribution in [0.15, 0.2) is 18.2 Å². The Morgan fingerprint density at radius 2 is 1.71 bits per heavy atom. The Morgan fingerprint density at radius 1 is 1.14 bits per heavy atom. The third kappa shape index (κ3) is 3.63. The van der Waals surface area contributed by atoms with E-state index in [0.29, 0.717) is 5.25 Å². The highest BCUT2D eigenvalue weighted by atomic mass is 32.2. The van der Waals surface area contributed by atoms with E-state index < -0.39 is 18.3 Å². The van der Waals surface area contributed by atoms with Crippen LogP contribution in [0.1, 0.15) is 47.1 Å². The van der Waals surface area contributed by atoms with Gasteiger partial charge in [-0.15, -0.1) is 0 Å². The van der Waals surface area contributed by atoms with Crippen molar-refractivity contribution < 1.29 is 13.7 Å². The minimum atomic E-state index is -0.506. The summed E-state index contributed by atoms with van der Waals surface area (Å²) in [6, 6.07) is 4.88. The fourth-order valence-electron chi connectivity index (χ4n) is 2.14. The van der Waals surface area contributed by atoms with E-state index in [2.05, 4.69) is 13.8 Å². The molecule has 2 rings (SSSR count). The van der Waals surface area contributed by atoms with E-state index in [1.807, 2.05) is 45.5 Å². The van der Waals surface area contributed by atoms with Crippen LogP contribution < -0.4 is 5.46 Å². The molecule has 1 saturated heterocycles. The van der Waals surface area contributed by atoms with Crippen LogP contribution in [0.5, 0.6) is 0 Å². The van der Waals surface area contributed by atoms with Gasteiger partial charge in [0, 0.05) is 5.75 Å². The molecule has 1 aromatic carbocycles. The van der Waals surface area contributed by atoms with Crippen LogP contribution in [0.2, 0.25) is 0 Å². The van der Waals surface area contributed by atoms with Crippen molar-refractivity contribution in [2.75, 3.05) is 0 Å². The van der Waals surface area contributed by atoms with Crippen LogP contribution in [0.3, 0.4) is 0 Å². The van der Waals surface area contributed by atoms with Gasteiger partial charge in [0.05, 0.1) is 11.2 Å². The van der Waals surface area contributed by atoms with E-state index in [4.69, 9.17) is 9.31 Å². The van der Waals surface area contributed by atoms with Gasteiger partial charge < -0.3 is 9.31 Å². The summed E-state index contributed by atoms with van der Waals surface area (Å²) in [6.45, 7) is 12.3. The van der Waals surface area contributed by atoms with E-state index in [-0.39, 0.29) is 5.82 Å². The van der Waals surface area contributed by atoms with Crippen molar-refractivity contribution in [3.63, 3.8) is 0 Å². The van der Waals surface area contributed by atoms with Gasteiger partial charge in [0.1, 0.15) is 5.82 Å². The second-order valence-electron chi connectivity index (χ2n) is 6.79. The number of thioether (sulfide) groups is 1. The monoisotopic (exact) mass is 310 g/mol. The van der Waals surface area contributed by atoms with Gasteiger partial charge in [0.2, 0.25) is 0 Å². The van der Waals surface area contributed by atoms with Gasteiger partial charge in [-0.1, -0.05) is 19.9 Å². The van der Waals surface area contributed by atoms with Crippen molar-refractivity contribution in [1.29, 1.82) is 0 Å². The van der Waals surface area contributed by atoms with Crippen molar-refractivity contribution >= 4 is 24.3 Å². The van der Waals surface area contributed by atoms with E-state index >= 15 is 0 Å². The Labute approximate surface area is 131 Å². The lowest BCUT2D eigenvalue weighted by Gasteiger charge is -2.32. The molecule has 0 saturated carbocycles. The van der Waals surface area contributed by atoms with Gasteiger partial charge >= 0.3 is 7.12 Å². The Kier molecular flexibility index (Phi) is 4.76. The molecule has 116 valence electrons. The predicted molar refractivity (Wildman–Crippen MR) is 88.5 cm³/mol. The highest BCUT2D eigenvalue weighted by Crippen LogP contribution is 2.37. The zero-order valence-corrected chi connectivity index (χ0v) is 14.5. The summed E-state index contributed by atoms with van der Waals surface area (Å²) in [6.07, 6.45) is 0. The lowest BCUT2D eigenvalue weighted by atomic mass is 9.76. The number of halogens is 1. The third-order valence-electron chi connectivity index (χ3n) is 4.19. The molecule has 1 aliphatic rings. The normalized spacial score (nSPS) is 20.3. The average molecular weight is 310 g/mol. The maximum absolute atomic E-state index is 13.7. The number of hydrogen-bond acceptors (Lipinski definition) is 3. The van der Waals surface area contributed by atoms with Gasteiger partial charge in [-0.2, -0.15) is 11.8 Å². The van der Waals surface area contributed by atoms with E-state index in [0.717, 1.165) is 16.8 Å². The quantitative estimate of drug-likeness (QED) is 0.789. The minimum absolute atomic E-state index is 0.252. The number of benzene rings is 1. The first-order chi connectivity index (χ1) is 9.62. The average Bonchev–Trinajstić information content (AvgIpc) is 2.56. The van der Waals surface area contributed by atoms with Gasteiger partial charge in [-0.25, -0.2) is 4.39 Å². The molecule has 1 aromatic rings. The molecule has 0 bridgehead atoms. The van der Waals surface area contributed by atoms with Gasteiger partial charge in [0.25, 0.3) is 0 Å². The van der Waals surface area contributed by atoms with Gasteiger partial charge in [0.15, 0.2) is 0 Å². The molecule has 2 nitrogen and oxygen atoms in total. The Hall–Kier alpha value is -0.515. The van der Waals surface area contributed by atoms with Crippen LogP contribution in [0.4, 0.5) is 4.39 Å². The first-order valence-electron chi connectivity index (χ1n) is 7.38. The summed E-state index contributed by atoms with van der Waals surface area (Å²) in [4.78, 5) is 0. The highest BCUT2D eigenvalue weighted by Gasteiger charge is 2.52. The fraction of sp³-hybridized carbons (Fsp3) is 0.625. The zero-order valence-electron chi connectivity index (χ0n) is 13.7. The molecule has 0 aromatic heterocycles. The van der Waals surface area contributed by atoms with Crippen molar-refractivity contribution in [2.45, 2.75) is 63.7 Å². The molecule has 21 heavy (non-hydrogen) atoms. The molecular weight excluding hydrogens is 286 g/mol. The molecule has 1 heterocycles. The standard InChI is InChI=1S/C16H24BFO2S/c1-11(2)21-10-12-7-8-13(18)9-14(12)17-19-15(3,4)16(5,6)20-17/h7-9,11H,10H2,1-6H3. The minimum Gasteiger partial charge on any atom is -0.399 e. The van der Waals surface area contributed by atoms with Crippen LogP contribution in [0, 0.1) is 5.82 Å². The third-order valence-corrected chi connectivity index (χ3v) is 5.33. The van der Waals surface area contributed by atoms with Crippen LogP contribution in [-0.2, 0) is 15.1 Å². The summed E-state index contributed by atoms with van der Waals surface area (Å²) in [5.41, 5.74) is 1.06. The highest BCUT2D eigenvalue weighted by molar-refractivity contribution is 7.99. The summed E-state index contributed by atoms with van der Waals surface area (Å²) in [7, 11) is -0.506. The molecular formula is C16H24BFO2S. The van der Waals surface area contributed by atoms with Crippen molar-refractivity contribution in [3.8, 4) is 0 Å². The number of hydrogen-bond donors (Lipinski definition) is 0. The van der Waals surface area contributed by atoms with Crippen LogP contribution in [-0.4, -0.2) is 23.6 Å². The zero-order chi connectivity index (χ0) is 15.8. The first kappa shape index (κ1) is 16.8. The molecule has 0 aliphatic carbocycles. The van der Waals surface area contributed by atoms with Gasteiger partial charge in [-0.3, -0.25) is 0 Å². The molecule has 1 fully saturated rings. The molecule has 0 atom stereocenters. The lowest BCUT2D eigenvalue weighted by molar-refractivity contribution is 0.00578. The SMILES string of the molecule is CC(C)SCc1ccc(F)cc1B1OC(C)(C)C(C)(C)O1. The summed E-state index contributed by atoms with van der Waals surface area (Å²) in [5, 5.41) is 0.529. The van der Waals surface area contributed by atoms with Gasteiger partial charge in [-0.05, 0) is 56.1 Å². The maximum Gasteiger partial charge on any atom is 0.495 e. The molecule has 5 heteroatoms. The summed E-state index contributed by atoms with van der Waals surface area (Å²) < 4.78 is 25.8. The number of rotatable bonds is 4. The Balaban J connectivity index is 2.29. The maximum atomic E-state index is 13.7. The Bertz CT molecular complexity index is 501. The second-order valence-corrected chi connectivity index (χ2v) is 8.36. The molecule has 0 amide bonds. The molecule has 0 unspecified atom stereocenters. The molecule has 0 spiro atoms. The van der Waals surface area contributed by atoms with E-state index in [1.54, 1.807) is 6.07 Å². The van der Waals surface area contributed by atoms with Crippen molar-refractivity contribution in [2.24, 2.45) is 0 Å². The van der Waals surface area contributed by atoms with Crippen LogP contribution in [0.25, 0.3) is 0 Å². The van der Waals surface area contributed by atoms with E-state index in [9.17, 15) is 4.39 Å². The molecule has 0 radical (unpaired) electrons. The largest absolute Gasteiger partial charge is 0.495 e. The topological polar surface area (TPSA) is 18.5 Å². The summed E-state index contributed by atoms with van der Waals surface area (Å²) in [5.74, 6) is 0.579. The molecule has 1 aliphatic heterocycles. The first-order valence-corrected chi connectivity index (χ1v) is 8.43.